The predicted octanol–water partition coefficient (Wildman–Crippen LogP) is 2.16. The molecule has 1 aromatic carbocycles. The molecule has 1 aromatic rings. The number of benzene rings is 1. The van der Waals surface area contributed by atoms with Gasteiger partial charge in [-0.3, -0.25) is 4.79 Å². The van der Waals surface area contributed by atoms with Gasteiger partial charge in [0.25, 0.3) is 0 Å². The number of unbranched alkanes of at least 4 members (excludes halogenated alkanes) is 1. The molecule has 0 heterocycles. The third kappa shape index (κ3) is 5.19. The summed E-state index contributed by atoms with van der Waals surface area (Å²) >= 11 is 0. The zero-order chi connectivity index (χ0) is 12.5. The number of carbonyl (C=O) groups excluding carboxylic acids is 1. The van der Waals surface area contributed by atoms with Crippen molar-refractivity contribution < 1.29 is 9.90 Å². The normalized spacial score (nSPS) is 9.29. The monoisotopic (exact) mass is 231 g/mol. The van der Waals surface area contributed by atoms with E-state index in [0.717, 1.165) is 24.1 Å². The minimum atomic E-state index is -0.143. The maximum absolute atomic E-state index is 11.5. The molecule has 1 rings (SSSR count). The fraction of sp³-hybridized carbons (Fsp3) is 0.357. The molecule has 90 valence electrons. The second-order valence-corrected chi connectivity index (χ2v) is 3.69. The Morgan fingerprint density at radius 3 is 2.65 bits per heavy atom. The van der Waals surface area contributed by atoms with Crippen molar-refractivity contribution in [3.8, 4) is 11.8 Å². The van der Waals surface area contributed by atoms with E-state index in [4.69, 9.17) is 5.11 Å². The summed E-state index contributed by atoms with van der Waals surface area (Å²) in [6.07, 6.45) is 2.48. The fourth-order valence-electron chi connectivity index (χ4n) is 1.34. The minimum absolute atomic E-state index is 0.0426. The van der Waals surface area contributed by atoms with Crippen LogP contribution in [0, 0.1) is 11.8 Å². The smallest absolute Gasteiger partial charge is 0.224 e. The molecular weight excluding hydrogens is 214 g/mol. The molecule has 2 N–H and O–H groups in total. The zero-order valence-corrected chi connectivity index (χ0v) is 9.99. The molecule has 0 aliphatic carbocycles. The van der Waals surface area contributed by atoms with Crippen molar-refractivity contribution in [3.63, 3.8) is 0 Å². The van der Waals surface area contributed by atoms with Crippen LogP contribution in [0.15, 0.2) is 24.3 Å². The van der Waals surface area contributed by atoms with E-state index in [-0.39, 0.29) is 12.5 Å². The van der Waals surface area contributed by atoms with E-state index in [1.165, 1.54) is 0 Å². The molecule has 0 fully saturated rings. The molecule has 3 heteroatoms. The highest BCUT2D eigenvalue weighted by atomic mass is 16.2. The van der Waals surface area contributed by atoms with Gasteiger partial charge in [0.2, 0.25) is 5.91 Å². The summed E-state index contributed by atoms with van der Waals surface area (Å²) in [7, 11) is 0. The van der Waals surface area contributed by atoms with Crippen LogP contribution in [0.2, 0.25) is 0 Å². The Bertz CT molecular complexity index is 412. The first-order chi connectivity index (χ1) is 8.26. The lowest BCUT2D eigenvalue weighted by atomic mass is 10.2. The molecule has 0 saturated heterocycles. The van der Waals surface area contributed by atoms with Gasteiger partial charge < -0.3 is 10.4 Å². The molecule has 3 nitrogen and oxygen atoms in total. The SMILES string of the molecule is CCCCC(=O)Nc1ccc(C#CCO)cc1. The van der Waals surface area contributed by atoms with E-state index in [1.54, 1.807) is 0 Å². The lowest BCUT2D eigenvalue weighted by molar-refractivity contribution is -0.116. The summed E-state index contributed by atoms with van der Waals surface area (Å²) in [6.45, 7) is 1.91. The molecule has 0 aliphatic heterocycles. The first kappa shape index (κ1) is 13.3. The summed E-state index contributed by atoms with van der Waals surface area (Å²) in [5.74, 6) is 5.41. The topological polar surface area (TPSA) is 49.3 Å². The summed E-state index contributed by atoms with van der Waals surface area (Å²) in [6, 6.07) is 7.26. The van der Waals surface area contributed by atoms with Gasteiger partial charge in [-0.1, -0.05) is 25.2 Å². The Labute approximate surface area is 102 Å². The van der Waals surface area contributed by atoms with Crippen LogP contribution in [-0.4, -0.2) is 17.6 Å². The maximum Gasteiger partial charge on any atom is 0.224 e. The van der Waals surface area contributed by atoms with Crippen LogP contribution >= 0.6 is 0 Å². The molecular formula is C14H17NO2. The fourth-order valence-corrected chi connectivity index (χ4v) is 1.34. The second-order valence-electron chi connectivity index (χ2n) is 3.69. The van der Waals surface area contributed by atoms with Crippen LogP contribution < -0.4 is 5.32 Å². The molecule has 0 bridgehead atoms. The molecule has 0 radical (unpaired) electrons. The second kappa shape index (κ2) is 7.48. The molecule has 0 aromatic heterocycles. The Balaban J connectivity index is 2.53. The Morgan fingerprint density at radius 1 is 1.35 bits per heavy atom. The van der Waals surface area contributed by atoms with E-state index in [2.05, 4.69) is 24.1 Å². The summed E-state index contributed by atoms with van der Waals surface area (Å²) < 4.78 is 0. The predicted molar refractivity (Wildman–Crippen MR) is 68.6 cm³/mol. The van der Waals surface area contributed by atoms with Gasteiger partial charge in [-0.05, 0) is 30.7 Å². The highest BCUT2D eigenvalue weighted by Crippen LogP contribution is 2.09. The lowest BCUT2D eigenvalue weighted by Gasteiger charge is -2.04. The lowest BCUT2D eigenvalue weighted by Crippen LogP contribution is -2.10. The first-order valence-electron chi connectivity index (χ1n) is 5.76. The van der Waals surface area contributed by atoms with Gasteiger partial charge in [0.05, 0.1) is 0 Å². The molecule has 0 unspecified atom stereocenters. The van der Waals surface area contributed by atoms with Crippen molar-refractivity contribution in [2.75, 3.05) is 11.9 Å². The van der Waals surface area contributed by atoms with Gasteiger partial charge in [0.15, 0.2) is 0 Å². The first-order valence-corrected chi connectivity index (χ1v) is 5.76. The Hall–Kier alpha value is -1.79. The number of nitrogens with one attached hydrogen (secondary N) is 1. The van der Waals surface area contributed by atoms with Crippen LogP contribution in [0.25, 0.3) is 0 Å². The van der Waals surface area contributed by atoms with Crippen molar-refractivity contribution in [1.82, 2.24) is 0 Å². The Morgan fingerprint density at radius 2 is 2.06 bits per heavy atom. The quantitative estimate of drug-likeness (QED) is 0.780. The van der Waals surface area contributed by atoms with E-state index in [9.17, 15) is 4.79 Å². The molecule has 0 aliphatic rings. The summed E-state index contributed by atoms with van der Waals surface area (Å²) in [4.78, 5) is 11.5. The molecule has 0 atom stereocenters. The van der Waals surface area contributed by atoms with Crippen LogP contribution in [0.3, 0.4) is 0 Å². The Kier molecular flexibility index (Phi) is 5.84. The van der Waals surface area contributed by atoms with Gasteiger partial charge >= 0.3 is 0 Å². The number of anilines is 1. The van der Waals surface area contributed by atoms with Crippen molar-refractivity contribution in [2.45, 2.75) is 26.2 Å². The van der Waals surface area contributed by atoms with Crippen LogP contribution in [-0.2, 0) is 4.79 Å². The molecule has 0 spiro atoms. The third-order valence-electron chi connectivity index (χ3n) is 2.24. The van der Waals surface area contributed by atoms with Crippen LogP contribution in [0.4, 0.5) is 5.69 Å². The van der Waals surface area contributed by atoms with Crippen molar-refractivity contribution in [1.29, 1.82) is 0 Å². The van der Waals surface area contributed by atoms with Gasteiger partial charge in [0.1, 0.15) is 6.61 Å². The minimum Gasteiger partial charge on any atom is -0.384 e. The molecule has 0 saturated carbocycles. The number of carbonyl (C=O) groups is 1. The van der Waals surface area contributed by atoms with Gasteiger partial charge in [0, 0.05) is 17.7 Å². The zero-order valence-electron chi connectivity index (χ0n) is 9.99. The highest BCUT2D eigenvalue weighted by Gasteiger charge is 2.00. The average molecular weight is 231 g/mol. The van der Waals surface area contributed by atoms with Crippen LogP contribution in [0.5, 0.6) is 0 Å². The number of hydrogen-bond donors (Lipinski definition) is 2. The number of rotatable bonds is 4. The number of aliphatic hydroxyl groups is 1. The highest BCUT2D eigenvalue weighted by molar-refractivity contribution is 5.90. The van der Waals surface area contributed by atoms with Crippen molar-refractivity contribution >= 4 is 11.6 Å². The van der Waals surface area contributed by atoms with Gasteiger partial charge in [-0.2, -0.15) is 0 Å². The van der Waals surface area contributed by atoms with E-state index in [1.807, 2.05) is 24.3 Å². The van der Waals surface area contributed by atoms with Gasteiger partial charge in [-0.25, -0.2) is 0 Å². The molecule has 1 amide bonds. The summed E-state index contributed by atoms with van der Waals surface area (Å²) in [5, 5.41) is 11.4. The largest absolute Gasteiger partial charge is 0.384 e. The van der Waals surface area contributed by atoms with Crippen molar-refractivity contribution in [3.05, 3.63) is 29.8 Å². The summed E-state index contributed by atoms with van der Waals surface area (Å²) in [5.41, 5.74) is 1.60. The van der Waals surface area contributed by atoms with Crippen LogP contribution in [0.1, 0.15) is 31.7 Å². The van der Waals surface area contributed by atoms with E-state index in [0.29, 0.717) is 6.42 Å². The number of aliphatic hydroxyl groups excluding tert-OH is 1. The number of hydrogen-bond acceptors (Lipinski definition) is 2. The number of amides is 1. The third-order valence-corrected chi connectivity index (χ3v) is 2.24. The standard InChI is InChI=1S/C14H17NO2/c1-2-3-6-14(17)15-13-9-7-12(8-10-13)5-4-11-16/h7-10,16H,2-3,6,11H2,1H3,(H,15,17). The van der Waals surface area contributed by atoms with Crippen molar-refractivity contribution in [2.24, 2.45) is 0 Å². The van der Waals surface area contributed by atoms with Gasteiger partial charge in [-0.15, -0.1) is 0 Å². The van der Waals surface area contributed by atoms with E-state index < -0.39 is 0 Å². The maximum atomic E-state index is 11.5. The average Bonchev–Trinajstić information content (AvgIpc) is 2.35. The molecule has 17 heavy (non-hydrogen) atoms. The van der Waals surface area contributed by atoms with E-state index >= 15 is 0 Å².